The molecule has 0 aromatic heterocycles. The summed E-state index contributed by atoms with van der Waals surface area (Å²) >= 11 is 0. The number of nitrogens with zero attached hydrogens (tertiary/aromatic N) is 1. The zero-order chi connectivity index (χ0) is 19.9. The summed E-state index contributed by atoms with van der Waals surface area (Å²) in [5.74, 6) is 0. The highest BCUT2D eigenvalue weighted by atomic mass is 17.2. The van der Waals surface area contributed by atoms with E-state index in [9.17, 15) is 0 Å². The van der Waals surface area contributed by atoms with Gasteiger partial charge in [0, 0.05) is 31.9 Å². The van der Waals surface area contributed by atoms with Crippen LogP contribution >= 0.6 is 0 Å². The van der Waals surface area contributed by atoms with Crippen molar-refractivity contribution >= 4 is 5.69 Å². The van der Waals surface area contributed by atoms with Gasteiger partial charge in [0.15, 0.2) is 0 Å². The quantitative estimate of drug-likeness (QED) is 0.249. The van der Waals surface area contributed by atoms with Crippen molar-refractivity contribution in [1.29, 1.82) is 0 Å². The lowest BCUT2D eigenvalue weighted by atomic mass is 10.1. The zero-order valence-electron chi connectivity index (χ0n) is 17.2. The molecule has 1 aliphatic heterocycles. The summed E-state index contributed by atoms with van der Waals surface area (Å²) in [5.41, 5.74) is 2.38. The standard InChI is InChI=1S/C20H35N3O5/c1-21-20(17-23-10-3-4-11-23)18-5-7-19(8-6-18)22-9-12-25-27-15-16-28-26-14-13-24-2/h5-8,20-22H,3-4,9-17H2,1-2H3/t20-/m1/s1. The van der Waals surface area contributed by atoms with E-state index in [1.165, 1.54) is 31.5 Å². The Morgan fingerprint density at radius 1 is 0.893 bits per heavy atom. The number of hydrogen-bond donors (Lipinski definition) is 2. The molecule has 0 amide bonds. The molecule has 1 heterocycles. The van der Waals surface area contributed by atoms with Crippen LogP contribution in [0.3, 0.4) is 0 Å². The molecule has 0 bridgehead atoms. The molecule has 0 saturated carbocycles. The molecule has 160 valence electrons. The van der Waals surface area contributed by atoms with E-state index in [4.69, 9.17) is 24.3 Å². The first kappa shape index (κ1) is 23.0. The lowest BCUT2D eigenvalue weighted by molar-refractivity contribution is -0.341. The molecule has 0 spiro atoms. The first-order valence-corrected chi connectivity index (χ1v) is 10.0. The molecule has 0 aliphatic carbocycles. The molecule has 1 aromatic rings. The van der Waals surface area contributed by atoms with Gasteiger partial charge in [-0.2, -0.15) is 0 Å². The molecule has 1 saturated heterocycles. The number of rotatable bonds is 16. The molecule has 2 N–H and O–H groups in total. The van der Waals surface area contributed by atoms with E-state index < -0.39 is 0 Å². The maximum absolute atomic E-state index is 5.10. The van der Waals surface area contributed by atoms with Crippen molar-refractivity contribution in [2.45, 2.75) is 18.9 Å². The normalized spacial score (nSPS) is 15.8. The van der Waals surface area contributed by atoms with Crippen molar-refractivity contribution in [1.82, 2.24) is 10.2 Å². The average Bonchev–Trinajstić information content (AvgIpc) is 3.24. The van der Waals surface area contributed by atoms with E-state index in [-0.39, 0.29) is 0 Å². The number of likely N-dealkylation sites (N-methyl/N-ethyl adjacent to an activating group) is 1. The smallest absolute Gasteiger partial charge is 0.109 e. The van der Waals surface area contributed by atoms with Crippen LogP contribution in [0, 0.1) is 0 Å². The number of ether oxygens (including phenoxy) is 1. The van der Waals surface area contributed by atoms with E-state index in [1.54, 1.807) is 7.11 Å². The summed E-state index contributed by atoms with van der Waals surface area (Å²) in [7, 11) is 3.64. The Morgan fingerprint density at radius 3 is 2.11 bits per heavy atom. The Balaban J connectivity index is 1.53. The highest BCUT2D eigenvalue weighted by Crippen LogP contribution is 2.19. The highest BCUT2D eigenvalue weighted by molar-refractivity contribution is 5.45. The van der Waals surface area contributed by atoms with E-state index in [1.807, 2.05) is 7.05 Å². The third kappa shape index (κ3) is 9.29. The van der Waals surface area contributed by atoms with E-state index in [2.05, 4.69) is 39.8 Å². The molecule has 0 unspecified atom stereocenters. The van der Waals surface area contributed by atoms with Crippen molar-refractivity contribution in [2.24, 2.45) is 0 Å². The molecule has 1 atom stereocenters. The fourth-order valence-electron chi connectivity index (χ4n) is 3.08. The minimum Gasteiger partial charge on any atom is -0.383 e. The minimum absolute atomic E-state index is 0.308. The summed E-state index contributed by atoms with van der Waals surface area (Å²) < 4.78 is 4.83. The maximum Gasteiger partial charge on any atom is 0.109 e. The molecular weight excluding hydrogens is 362 g/mol. The van der Waals surface area contributed by atoms with Crippen molar-refractivity contribution in [3.8, 4) is 0 Å². The van der Waals surface area contributed by atoms with Gasteiger partial charge in [0.05, 0.1) is 13.2 Å². The van der Waals surface area contributed by atoms with Crippen LogP contribution in [0.1, 0.15) is 24.4 Å². The van der Waals surface area contributed by atoms with Crippen LogP contribution in [0.5, 0.6) is 0 Å². The largest absolute Gasteiger partial charge is 0.383 e. The predicted octanol–water partition coefficient (Wildman–Crippen LogP) is 2.00. The number of nitrogens with one attached hydrogen (secondary N) is 2. The van der Waals surface area contributed by atoms with Crippen LogP contribution in [-0.2, 0) is 24.3 Å². The molecule has 1 aliphatic rings. The van der Waals surface area contributed by atoms with Gasteiger partial charge in [0.1, 0.15) is 19.8 Å². The van der Waals surface area contributed by atoms with Crippen LogP contribution in [0.2, 0.25) is 0 Å². The van der Waals surface area contributed by atoms with Crippen molar-refractivity contribution in [3.63, 3.8) is 0 Å². The first-order valence-electron chi connectivity index (χ1n) is 10.0. The van der Waals surface area contributed by atoms with Crippen molar-refractivity contribution < 1.29 is 24.3 Å². The van der Waals surface area contributed by atoms with Crippen LogP contribution in [-0.4, -0.2) is 78.3 Å². The van der Waals surface area contributed by atoms with Gasteiger partial charge in [-0.25, -0.2) is 19.6 Å². The monoisotopic (exact) mass is 397 g/mol. The second-order valence-corrected chi connectivity index (χ2v) is 6.68. The minimum atomic E-state index is 0.308. The van der Waals surface area contributed by atoms with Crippen molar-refractivity contribution in [3.05, 3.63) is 29.8 Å². The van der Waals surface area contributed by atoms with Gasteiger partial charge in [-0.05, 0) is 50.7 Å². The Kier molecular flexibility index (Phi) is 12.1. The van der Waals surface area contributed by atoms with Gasteiger partial charge in [-0.15, -0.1) is 0 Å². The Morgan fingerprint density at radius 2 is 1.50 bits per heavy atom. The number of likely N-dealkylation sites (tertiary alicyclic amines) is 1. The van der Waals surface area contributed by atoms with Gasteiger partial charge in [-0.1, -0.05) is 12.1 Å². The van der Waals surface area contributed by atoms with Crippen LogP contribution < -0.4 is 10.6 Å². The summed E-state index contributed by atoms with van der Waals surface area (Å²) in [5, 5.41) is 6.75. The fraction of sp³-hybridized carbons (Fsp3) is 0.700. The topological polar surface area (TPSA) is 73.5 Å². The number of hydrogen-bond acceptors (Lipinski definition) is 8. The molecular formula is C20H35N3O5. The molecule has 2 rings (SSSR count). The van der Waals surface area contributed by atoms with E-state index in [0.717, 1.165) is 12.2 Å². The molecule has 1 fully saturated rings. The number of methoxy groups -OCH3 is 1. The highest BCUT2D eigenvalue weighted by Gasteiger charge is 2.17. The predicted molar refractivity (Wildman–Crippen MR) is 108 cm³/mol. The Hall–Kier alpha value is -1.26. The van der Waals surface area contributed by atoms with Crippen LogP contribution in [0.25, 0.3) is 0 Å². The first-order chi connectivity index (χ1) is 13.8. The maximum atomic E-state index is 5.10. The lowest BCUT2D eigenvalue weighted by Crippen LogP contribution is -2.31. The lowest BCUT2D eigenvalue weighted by Gasteiger charge is -2.23. The molecule has 1 aromatic carbocycles. The summed E-state index contributed by atoms with van der Waals surface area (Å²) in [6, 6.07) is 8.94. The third-order valence-electron chi connectivity index (χ3n) is 4.60. The van der Waals surface area contributed by atoms with Gasteiger partial charge >= 0.3 is 0 Å². The van der Waals surface area contributed by atoms with Crippen LogP contribution in [0.15, 0.2) is 24.3 Å². The molecule has 28 heavy (non-hydrogen) atoms. The molecule has 8 nitrogen and oxygen atoms in total. The van der Waals surface area contributed by atoms with Gasteiger partial charge in [0.2, 0.25) is 0 Å². The fourth-order valence-corrected chi connectivity index (χ4v) is 3.08. The number of anilines is 1. The van der Waals surface area contributed by atoms with E-state index in [0.29, 0.717) is 45.6 Å². The zero-order valence-corrected chi connectivity index (χ0v) is 17.2. The average molecular weight is 398 g/mol. The van der Waals surface area contributed by atoms with Gasteiger partial charge in [-0.3, -0.25) is 0 Å². The van der Waals surface area contributed by atoms with Gasteiger partial charge < -0.3 is 20.3 Å². The second kappa shape index (κ2) is 14.7. The Labute approximate surface area is 168 Å². The Bertz CT molecular complexity index is 497. The summed E-state index contributed by atoms with van der Waals surface area (Å²) in [6.07, 6.45) is 2.64. The third-order valence-corrected chi connectivity index (χ3v) is 4.60. The summed E-state index contributed by atoms with van der Waals surface area (Å²) in [4.78, 5) is 22.4. The summed E-state index contributed by atoms with van der Waals surface area (Å²) in [6.45, 7) is 6.11. The second-order valence-electron chi connectivity index (χ2n) is 6.68. The molecule has 0 radical (unpaired) electrons. The van der Waals surface area contributed by atoms with Crippen LogP contribution in [0.4, 0.5) is 5.69 Å². The SMILES string of the molecule is CN[C@H](CN1CCCC1)c1ccc(NCCOOCCOOCCOC)cc1. The number of benzene rings is 1. The van der Waals surface area contributed by atoms with E-state index >= 15 is 0 Å². The van der Waals surface area contributed by atoms with Crippen molar-refractivity contribution in [2.75, 3.05) is 78.7 Å². The molecule has 8 heteroatoms. The van der Waals surface area contributed by atoms with Gasteiger partial charge in [0.25, 0.3) is 0 Å².